The molecule has 0 heterocycles. The summed E-state index contributed by atoms with van der Waals surface area (Å²) in [5.41, 5.74) is 2.12. The molecule has 0 radical (unpaired) electrons. The molecule has 0 fully saturated rings. The number of carbonyl (C=O) groups is 3. The first-order valence-electron chi connectivity index (χ1n) is 8.81. The lowest BCUT2D eigenvalue weighted by atomic mass is 10.1. The lowest BCUT2D eigenvalue weighted by molar-refractivity contribution is -0.111. The Morgan fingerprint density at radius 1 is 0.759 bits per heavy atom. The van der Waals surface area contributed by atoms with Gasteiger partial charge in [-0.15, -0.1) is 0 Å². The van der Waals surface area contributed by atoms with Crippen LogP contribution in [0.4, 0.5) is 11.4 Å². The van der Waals surface area contributed by atoms with E-state index in [1.807, 2.05) is 30.3 Å². The van der Waals surface area contributed by atoms with Crippen molar-refractivity contribution in [2.24, 2.45) is 0 Å². The van der Waals surface area contributed by atoms with E-state index in [0.717, 1.165) is 5.56 Å². The number of carboxylic acid groups (broad SMARTS) is 1. The third-order valence-electron chi connectivity index (χ3n) is 4.05. The van der Waals surface area contributed by atoms with Crippen LogP contribution in [0.2, 0.25) is 0 Å². The first kappa shape index (κ1) is 19.6. The van der Waals surface area contributed by atoms with Gasteiger partial charge in [-0.2, -0.15) is 0 Å². The quantitative estimate of drug-likeness (QED) is 0.551. The Labute approximate surface area is 167 Å². The van der Waals surface area contributed by atoms with Crippen LogP contribution in [-0.2, 0) is 4.79 Å². The lowest BCUT2D eigenvalue weighted by Crippen LogP contribution is -2.17. The van der Waals surface area contributed by atoms with E-state index in [2.05, 4.69) is 10.6 Å². The second-order valence-electron chi connectivity index (χ2n) is 6.12. The Balaban J connectivity index is 1.70. The summed E-state index contributed by atoms with van der Waals surface area (Å²) in [4.78, 5) is 35.8. The molecule has 0 bridgehead atoms. The lowest BCUT2D eigenvalue weighted by Gasteiger charge is -2.10. The summed E-state index contributed by atoms with van der Waals surface area (Å²) < 4.78 is 0. The highest BCUT2D eigenvalue weighted by atomic mass is 16.4. The van der Waals surface area contributed by atoms with Gasteiger partial charge in [0, 0.05) is 11.8 Å². The molecule has 2 amide bonds. The van der Waals surface area contributed by atoms with Crippen molar-refractivity contribution in [3.05, 3.63) is 102 Å². The molecule has 29 heavy (non-hydrogen) atoms. The summed E-state index contributed by atoms with van der Waals surface area (Å²) >= 11 is 0. The number of hydrogen-bond acceptors (Lipinski definition) is 3. The van der Waals surface area contributed by atoms with Crippen LogP contribution in [0, 0.1) is 0 Å². The number of aromatic carboxylic acids is 1. The number of nitrogens with one attached hydrogen (secondary N) is 2. The second-order valence-corrected chi connectivity index (χ2v) is 6.12. The minimum absolute atomic E-state index is 0.126. The molecule has 3 N–H and O–H groups in total. The number of rotatable bonds is 6. The van der Waals surface area contributed by atoms with E-state index in [1.54, 1.807) is 30.3 Å². The van der Waals surface area contributed by atoms with Gasteiger partial charge in [0.2, 0.25) is 5.91 Å². The maximum atomic E-state index is 12.6. The zero-order valence-corrected chi connectivity index (χ0v) is 15.3. The average molecular weight is 386 g/mol. The van der Waals surface area contributed by atoms with Crippen molar-refractivity contribution in [3.63, 3.8) is 0 Å². The van der Waals surface area contributed by atoms with Crippen LogP contribution >= 0.6 is 0 Å². The first-order valence-corrected chi connectivity index (χ1v) is 8.81. The van der Waals surface area contributed by atoms with Gasteiger partial charge >= 0.3 is 5.97 Å². The molecule has 3 rings (SSSR count). The largest absolute Gasteiger partial charge is 0.478 e. The van der Waals surface area contributed by atoms with Gasteiger partial charge in [-0.3, -0.25) is 9.59 Å². The van der Waals surface area contributed by atoms with E-state index in [-0.39, 0.29) is 17.0 Å². The molecule has 0 spiro atoms. The second kappa shape index (κ2) is 9.14. The van der Waals surface area contributed by atoms with Crippen molar-refractivity contribution in [3.8, 4) is 0 Å². The smallest absolute Gasteiger partial charge is 0.335 e. The topological polar surface area (TPSA) is 95.5 Å². The maximum absolute atomic E-state index is 12.6. The number of benzene rings is 3. The molecule has 0 saturated heterocycles. The van der Waals surface area contributed by atoms with Gasteiger partial charge in [-0.25, -0.2) is 4.79 Å². The zero-order valence-electron chi connectivity index (χ0n) is 15.3. The van der Waals surface area contributed by atoms with E-state index in [1.165, 1.54) is 30.3 Å². The van der Waals surface area contributed by atoms with Gasteiger partial charge in [-0.05, 0) is 48.0 Å². The zero-order chi connectivity index (χ0) is 20.6. The predicted octanol–water partition coefficient (Wildman–Crippen LogP) is 4.29. The number of carboxylic acids is 1. The third-order valence-corrected chi connectivity index (χ3v) is 4.05. The van der Waals surface area contributed by atoms with E-state index in [4.69, 9.17) is 5.11 Å². The molecule has 6 nitrogen and oxygen atoms in total. The summed E-state index contributed by atoms with van der Waals surface area (Å²) in [7, 11) is 0. The number of hydrogen-bond donors (Lipinski definition) is 3. The van der Waals surface area contributed by atoms with Crippen molar-refractivity contribution < 1.29 is 19.5 Å². The Morgan fingerprint density at radius 3 is 2.10 bits per heavy atom. The fourth-order valence-corrected chi connectivity index (χ4v) is 2.60. The first-order chi connectivity index (χ1) is 14.0. The predicted molar refractivity (Wildman–Crippen MR) is 112 cm³/mol. The third kappa shape index (κ3) is 5.40. The van der Waals surface area contributed by atoms with Crippen LogP contribution in [0.1, 0.15) is 26.3 Å². The summed E-state index contributed by atoms with van der Waals surface area (Å²) in [6, 6.07) is 21.8. The van der Waals surface area contributed by atoms with Gasteiger partial charge in [0.25, 0.3) is 5.91 Å². The van der Waals surface area contributed by atoms with Crippen LogP contribution < -0.4 is 10.6 Å². The van der Waals surface area contributed by atoms with Crippen LogP contribution in [-0.4, -0.2) is 22.9 Å². The number of carbonyl (C=O) groups excluding carboxylic acids is 2. The van der Waals surface area contributed by atoms with E-state index in [0.29, 0.717) is 11.4 Å². The van der Waals surface area contributed by atoms with E-state index in [9.17, 15) is 14.4 Å². The van der Waals surface area contributed by atoms with Crippen molar-refractivity contribution in [1.29, 1.82) is 0 Å². The Hall–Kier alpha value is -4.19. The maximum Gasteiger partial charge on any atom is 0.335 e. The van der Waals surface area contributed by atoms with Crippen molar-refractivity contribution in [1.82, 2.24) is 0 Å². The fourth-order valence-electron chi connectivity index (χ4n) is 2.60. The minimum Gasteiger partial charge on any atom is -0.478 e. The Bertz CT molecular complexity index is 1060. The SMILES string of the molecule is O=C(C=Cc1ccccc1)Nc1ccccc1C(=O)Nc1ccc(C(=O)O)cc1. The van der Waals surface area contributed by atoms with Crippen molar-refractivity contribution in [2.45, 2.75) is 0 Å². The molecule has 0 aliphatic rings. The van der Waals surface area contributed by atoms with Crippen LogP contribution in [0.3, 0.4) is 0 Å². The molecule has 0 saturated carbocycles. The molecular weight excluding hydrogens is 368 g/mol. The van der Waals surface area contributed by atoms with E-state index < -0.39 is 11.9 Å². The molecule has 6 heteroatoms. The van der Waals surface area contributed by atoms with Crippen LogP contribution in [0.25, 0.3) is 6.08 Å². The van der Waals surface area contributed by atoms with Gasteiger partial charge < -0.3 is 15.7 Å². The van der Waals surface area contributed by atoms with Gasteiger partial charge in [0.05, 0.1) is 16.8 Å². The molecule has 144 valence electrons. The standard InChI is InChI=1S/C23H18N2O4/c26-21(15-10-16-6-2-1-3-7-16)25-20-9-5-4-8-19(20)22(27)24-18-13-11-17(12-14-18)23(28)29/h1-15H,(H,24,27)(H,25,26)(H,28,29). The molecule has 3 aromatic carbocycles. The van der Waals surface area contributed by atoms with Gasteiger partial charge in [0.15, 0.2) is 0 Å². The molecule has 0 atom stereocenters. The summed E-state index contributed by atoms with van der Waals surface area (Å²) in [6.45, 7) is 0. The molecule has 0 aromatic heterocycles. The van der Waals surface area contributed by atoms with Crippen molar-refractivity contribution >= 4 is 35.2 Å². The summed E-state index contributed by atoms with van der Waals surface area (Å²) in [6.07, 6.45) is 3.08. The molecule has 0 aliphatic heterocycles. The highest BCUT2D eigenvalue weighted by Crippen LogP contribution is 2.18. The highest BCUT2D eigenvalue weighted by molar-refractivity contribution is 6.11. The molecule has 0 aliphatic carbocycles. The van der Waals surface area contributed by atoms with Gasteiger partial charge in [-0.1, -0.05) is 42.5 Å². The minimum atomic E-state index is -1.04. The molecular formula is C23H18N2O4. The van der Waals surface area contributed by atoms with Gasteiger partial charge in [0.1, 0.15) is 0 Å². The monoisotopic (exact) mass is 386 g/mol. The molecule has 0 unspecified atom stereocenters. The Morgan fingerprint density at radius 2 is 1.41 bits per heavy atom. The number of para-hydroxylation sites is 1. The molecule has 3 aromatic rings. The number of anilines is 2. The number of amides is 2. The van der Waals surface area contributed by atoms with Crippen LogP contribution in [0.15, 0.2) is 84.9 Å². The van der Waals surface area contributed by atoms with Crippen molar-refractivity contribution in [2.75, 3.05) is 10.6 Å². The fraction of sp³-hybridized carbons (Fsp3) is 0. The normalized spacial score (nSPS) is 10.5. The van der Waals surface area contributed by atoms with Crippen LogP contribution in [0.5, 0.6) is 0 Å². The Kier molecular flexibility index (Phi) is 6.17. The summed E-state index contributed by atoms with van der Waals surface area (Å²) in [5.74, 6) is -1.82. The highest BCUT2D eigenvalue weighted by Gasteiger charge is 2.13. The van der Waals surface area contributed by atoms with E-state index >= 15 is 0 Å². The summed E-state index contributed by atoms with van der Waals surface area (Å²) in [5, 5.41) is 14.3. The average Bonchev–Trinajstić information content (AvgIpc) is 2.74.